The maximum atomic E-state index is 5.38. The molecule has 1 aliphatic rings. The number of benzene rings is 1. The highest BCUT2D eigenvalue weighted by atomic mass is 16.6. The van der Waals surface area contributed by atoms with Crippen LogP contribution in [-0.4, -0.2) is 20.2 Å². The van der Waals surface area contributed by atoms with Crippen molar-refractivity contribution in [3.63, 3.8) is 0 Å². The molecule has 0 spiro atoms. The van der Waals surface area contributed by atoms with Crippen LogP contribution in [0.3, 0.4) is 0 Å². The van der Waals surface area contributed by atoms with Gasteiger partial charge in [0.25, 0.3) is 0 Å². The minimum atomic E-state index is 0.566. The summed E-state index contributed by atoms with van der Waals surface area (Å²) in [6.07, 6.45) is 1.16. The van der Waals surface area contributed by atoms with Crippen molar-refractivity contribution in [2.45, 2.75) is 26.8 Å². The summed E-state index contributed by atoms with van der Waals surface area (Å²) in [5.74, 6) is 0.566. The van der Waals surface area contributed by atoms with E-state index in [-0.39, 0.29) is 0 Å². The number of anilines is 1. The zero-order valence-electron chi connectivity index (χ0n) is 11.0. The van der Waals surface area contributed by atoms with E-state index in [0.717, 1.165) is 26.1 Å². The Morgan fingerprint density at radius 2 is 2.24 bits per heavy atom. The van der Waals surface area contributed by atoms with Crippen molar-refractivity contribution in [1.82, 2.24) is 5.48 Å². The Morgan fingerprint density at radius 3 is 3.00 bits per heavy atom. The molecule has 1 aliphatic heterocycles. The van der Waals surface area contributed by atoms with Gasteiger partial charge in [-0.2, -0.15) is 5.48 Å². The SMILES string of the molecule is CC(C)CONCc1ccc2c(c1)CCN2C. The smallest absolute Gasteiger partial charge is 0.0705 e. The van der Waals surface area contributed by atoms with Crippen molar-refractivity contribution in [3.8, 4) is 0 Å². The van der Waals surface area contributed by atoms with Crippen molar-refractivity contribution >= 4 is 5.69 Å². The number of nitrogens with zero attached hydrogens (tertiary/aromatic N) is 1. The van der Waals surface area contributed by atoms with Crippen LogP contribution in [-0.2, 0) is 17.8 Å². The normalized spacial score (nSPS) is 14.5. The molecule has 94 valence electrons. The Bertz CT molecular complexity index is 376. The second-order valence-corrected chi connectivity index (χ2v) is 5.16. The Hall–Kier alpha value is -1.06. The first-order chi connectivity index (χ1) is 8.16. The summed E-state index contributed by atoms with van der Waals surface area (Å²) in [7, 11) is 2.15. The minimum Gasteiger partial charge on any atom is -0.374 e. The molecule has 2 rings (SSSR count). The summed E-state index contributed by atoms with van der Waals surface area (Å²) in [4.78, 5) is 7.69. The first kappa shape index (κ1) is 12.4. The van der Waals surface area contributed by atoms with Crippen molar-refractivity contribution in [3.05, 3.63) is 29.3 Å². The number of fused-ring (bicyclic) bond motifs is 1. The van der Waals surface area contributed by atoms with Crippen molar-refractivity contribution in [2.75, 3.05) is 25.1 Å². The van der Waals surface area contributed by atoms with Gasteiger partial charge in [-0.25, -0.2) is 0 Å². The molecule has 1 aromatic rings. The molecule has 0 amide bonds. The van der Waals surface area contributed by atoms with Crippen LogP contribution in [0.2, 0.25) is 0 Å². The van der Waals surface area contributed by atoms with Crippen LogP contribution in [0.4, 0.5) is 5.69 Å². The third kappa shape index (κ3) is 3.20. The Labute approximate surface area is 104 Å². The first-order valence-electron chi connectivity index (χ1n) is 6.34. The molecule has 3 nitrogen and oxygen atoms in total. The van der Waals surface area contributed by atoms with Gasteiger partial charge in [0, 0.05) is 25.8 Å². The van der Waals surface area contributed by atoms with Gasteiger partial charge in [-0.05, 0) is 29.5 Å². The molecule has 0 fully saturated rings. The Kier molecular flexibility index (Phi) is 4.02. The van der Waals surface area contributed by atoms with Gasteiger partial charge in [-0.15, -0.1) is 0 Å². The van der Waals surface area contributed by atoms with Crippen LogP contribution in [0.1, 0.15) is 25.0 Å². The van der Waals surface area contributed by atoms with E-state index in [1.807, 2.05) is 0 Å². The fraction of sp³-hybridized carbons (Fsp3) is 0.571. The van der Waals surface area contributed by atoms with E-state index in [4.69, 9.17) is 4.84 Å². The quantitative estimate of drug-likeness (QED) is 0.625. The third-order valence-electron chi connectivity index (χ3n) is 3.07. The van der Waals surface area contributed by atoms with Gasteiger partial charge >= 0.3 is 0 Å². The van der Waals surface area contributed by atoms with Gasteiger partial charge in [-0.1, -0.05) is 26.0 Å². The monoisotopic (exact) mass is 234 g/mol. The fourth-order valence-electron chi connectivity index (χ4n) is 2.09. The number of nitrogens with one attached hydrogen (secondary N) is 1. The summed E-state index contributed by atoms with van der Waals surface area (Å²) in [6, 6.07) is 6.67. The molecule has 0 aliphatic carbocycles. The lowest BCUT2D eigenvalue weighted by Gasteiger charge is -2.12. The highest BCUT2D eigenvalue weighted by Crippen LogP contribution is 2.27. The number of rotatable bonds is 5. The maximum Gasteiger partial charge on any atom is 0.0705 e. The molecule has 0 saturated carbocycles. The average molecular weight is 234 g/mol. The van der Waals surface area contributed by atoms with E-state index in [1.165, 1.54) is 16.8 Å². The van der Waals surface area contributed by atoms with Gasteiger partial charge in [0.1, 0.15) is 0 Å². The Balaban J connectivity index is 1.86. The largest absolute Gasteiger partial charge is 0.374 e. The average Bonchev–Trinajstić information content (AvgIpc) is 2.66. The van der Waals surface area contributed by atoms with Gasteiger partial charge in [0.05, 0.1) is 6.61 Å². The first-order valence-corrected chi connectivity index (χ1v) is 6.34. The van der Waals surface area contributed by atoms with Gasteiger partial charge in [-0.3, -0.25) is 0 Å². The van der Waals surface area contributed by atoms with Crippen molar-refractivity contribution in [2.24, 2.45) is 5.92 Å². The predicted molar refractivity (Wildman–Crippen MR) is 71.0 cm³/mol. The molecule has 0 radical (unpaired) electrons. The molecule has 0 atom stereocenters. The molecular formula is C14H22N2O. The molecule has 0 aromatic heterocycles. The lowest BCUT2D eigenvalue weighted by atomic mass is 10.1. The summed E-state index contributed by atoms with van der Waals surface area (Å²) < 4.78 is 0. The third-order valence-corrected chi connectivity index (χ3v) is 3.07. The second-order valence-electron chi connectivity index (χ2n) is 5.16. The molecule has 0 bridgehead atoms. The zero-order chi connectivity index (χ0) is 12.3. The molecular weight excluding hydrogens is 212 g/mol. The highest BCUT2D eigenvalue weighted by molar-refractivity contribution is 5.58. The number of hydrogen-bond acceptors (Lipinski definition) is 3. The Morgan fingerprint density at radius 1 is 1.41 bits per heavy atom. The molecule has 17 heavy (non-hydrogen) atoms. The fourth-order valence-corrected chi connectivity index (χ4v) is 2.09. The van der Waals surface area contributed by atoms with Crippen LogP contribution in [0.25, 0.3) is 0 Å². The number of hydroxylamine groups is 1. The van der Waals surface area contributed by atoms with E-state index >= 15 is 0 Å². The minimum absolute atomic E-state index is 0.566. The molecule has 0 unspecified atom stereocenters. The summed E-state index contributed by atoms with van der Waals surface area (Å²) in [5.41, 5.74) is 7.14. The molecule has 1 aromatic carbocycles. The maximum absolute atomic E-state index is 5.38. The van der Waals surface area contributed by atoms with Gasteiger partial charge in [0.2, 0.25) is 0 Å². The summed E-state index contributed by atoms with van der Waals surface area (Å²) in [6.45, 7) is 6.97. The van der Waals surface area contributed by atoms with E-state index in [9.17, 15) is 0 Å². The van der Waals surface area contributed by atoms with Crippen LogP contribution >= 0.6 is 0 Å². The molecule has 0 saturated heterocycles. The lowest BCUT2D eigenvalue weighted by Crippen LogP contribution is -2.17. The van der Waals surface area contributed by atoms with E-state index in [2.05, 4.69) is 49.5 Å². The van der Waals surface area contributed by atoms with Gasteiger partial charge < -0.3 is 9.74 Å². The molecule has 1 heterocycles. The second kappa shape index (κ2) is 5.52. The van der Waals surface area contributed by atoms with Crippen LogP contribution in [0.5, 0.6) is 0 Å². The topological polar surface area (TPSA) is 24.5 Å². The molecule has 1 N–H and O–H groups in total. The van der Waals surface area contributed by atoms with E-state index in [0.29, 0.717) is 5.92 Å². The summed E-state index contributed by atoms with van der Waals surface area (Å²) in [5, 5.41) is 0. The van der Waals surface area contributed by atoms with E-state index < -0.39 is 0 Å². The highest BCUT2D eigenvalue weighted by Gasteiger charge is 2.15. The number of likely N-dealkylation sites (N-methyl/N-ethyl adjacent to an activating group) is 1. The van der Waals surface area contributed by atoms with E-state index in [1.54, 1.807) is 0 Å². The van der Waals surface area contributed by atoms with Crippen LogP contribution in [0.15, 0.2) is 18.2 Å². The van der Waals surface area contributed by atoms with Crippen molar-refractivity contribution < 1.29 is 4.84 Å². The lowest BCUT2D eigenvalue weighted by molar-refractivity contribution is 0.0196. The molecule has 3 heteroatoms. The van der Waals surface area contributed by atoms with Crippen LogP contribution in [0, 0.1) is 5.92 Å². The van der Waals surface area contributed by atoms with Crippen LogP contribution < -0.4 is 10.4 Å². The van der Waals surface area contributed by atoms with Crippen molar-refractivity contribution in [1.29, 1.82) is 0 Å². The summed E-state index contributed by atoms with van der Waals surface area (Å²) >= 11 is 0. The predicted octanol–water partition coefficient (Wildman–Crippen LogP) is 2.36. The standard InChI is InChI=1S/C14H22N2O/c1-11(2)10-17-15-9-12-4-5-14-13(8-12)6-7-16(14)3/h4-5,8,11,15H,6-7,9-10H2,1-3H3. The number of hydrogen-bond donors (Lipinski definition) is 1. The zero-order valence-corrected chi connectivity index (χ0v) is 11.0. The van der Waals surface area contributed by atoms with Gasteiger partial charge in [0.15, 0.2) is 0 Å².